The van der Waals surface area contributed by atoms with Gasteiger partial charge in [-0.05, 0) is 47.9 Å². The van der Waals surface area contributed by atoms with Crippen LogP contribution in [-0.4, -0.2) is 36.6 Å². The molecule has 3 aromatic rings. The van der Waals surface area contributed by atoms with Crippen LogP contribution in [0.2, 0.25) is 0 Å². The number of hydrogen-bond donors (Lipinski definition) is 2. The van der Waals surface area contributed by atoms with E-state index in [-0.39, 0.29) is 6.03 Å². The second-order valence-corrected chi connectivity index (χ2v) is 6.17. The molecule has 7 nitrogen and oxygen atoms in total. The summed E-state index contributed by atoms with van der Waals surface area (Å²) >= 11 is 0. The average molecular weight is 380 g/mol. The minimum absolute atomic E-state index is 0.206. The lowest BCUT2D eigenvalue weighted by molar-refractivity contribution is 0.240. The summed E-state index contributed by atoms with van der Waals surface area (Å²) in [7, 11) is 3.18. The lowest BCUT2D eigenvalue weighted by Crippen LogP contribution is -2.36. The molecule has 0 bridgehead atoms. The van der Waals surface area contributed by atoms with Crippen LogP contribution in [-0.2, 0) is 13.0 Å². The van der Waals surface area contributed by atoms with Crippen LogP contribution >= 0.6 is 0 Å². The molecule has 0 saturated heterocycles. The van der Waals surface area contributed by atoms with Crippen molar-refractivity contribution in [1.29, 1.82) is 0 Å². The molecule has 1 heterocycles. The van der Waals surface area contributed by atoms with Crippen LogP contribution in [0, 0.1) is 0 Å². The van der Waals surface area contributed by atoms with E-state index in [1.807, 2.05) is 59.4 Å². The van der Waals surface area contributed by atoms with Crippen molar-refractivity contribution in [2.45, 2.75) is 13.0 Å². The Kier molecular flexibility index (Phi) is 6.51. The third-order valence-corrected chi connectivity index (χ3v) is 4.31. The van der Waals surface area contributed by atoms with Crippen LogP contribution in [0.4, 0.5) is 4.79 Å². The van der Waals surface area contributed by atoms with Gasteiger partial charge in [0, 0.05) is 25.5 Å². The Bertz CT molecular complexity index is 893. The molecule has 7 heteroatoms. The van der Waals surface area contributed by atoms with Gasteiger partial charge in [-0.1, -0.05) is 18.2 Å². The molecule has 0 aliphatic rings. The molecule has 2 N–H and O–H groups in total. The Morgan fingerprint density at radius 3 is 2.43 bits per heavy atom. The van der Waals surface area contributed by atoms with Crippen molar-refractivity contribution in [1.82, 2.24) is 20.4 Å². The first-order chi connectivity index (χ1) is 13.7. The third kappa shape index (κ3) is 5.03. The highest BCUT2D eigenvalue weighted by Crippen LogP contribution is 2.27. The molecule has 2 amide bonds. The monoisotopic (exact) mass is 380 g/mol. The highest BCUT2D eigenvalue weighted by atomic mass is 16.5. The fraction of sp³-hybridized carbons (Fsp3) is 0.238. The van der Waals surface area contributed by atoms with Crippen LogP contribution in [0.3, 0.4) is 0 Å². The number of methoxy groups -OCH3 is 2. The normalized spacial score (nSPS) is 10.4. The van der Waals surface area contributed by atoms with Crippen molar-refractivity contribution < 1.29 is 14.3 Å². The summed E-state index contributed by atoms with van der Waals surface area (Å²) in [5.74, 6) is 1.30. The first kappa shape index (κ1) is 19.3. The van der Waals surface area contributed by atoms with Gasteiger partial charge in [0.2, 0.25) is 0 Å². The van der Waals surface area contributed by atoms with E-state index in [2.05, 4.69) is 15.7 Å². The molecule has 0 atom stereocenters. The van der Waals surface area contributed by atoms with E-state index in [0.29, 0.717) is 24.6 Å². The Hall–Kier alpha value is -3.48. The maximum Gasteiger partial charge on any atom is 0.315 e. The lowest BCUT2D eigenvalue weighted by Gasteiger charge is -2.11. The summed E-state index contributed by atoms with van der Waals surface area (Å²) in [5, 5.41) is 9.92. The number of amides is 2. The number of urea groups is 1. The molecule has 0 unspecified atom stereocenters. The minimum Gasteiger partial charge on any atom is -0.493 e. The van der Waals surface area contributed by atoms with Gasteiger partial charge in [-0.25, -0.2) is 9.48 Å². The SMILES string of the molecule is COc1ccc(CNC(=O)NCCc2ccc(-n3cccn3)cc2)cc1OC. The molecular formula is C21H24N4O3. The molecule has 0 radical (unpaired) electrons. The fourth-order valence-electron chi connectivity index (χ4n) is 2.79. The number of carbonyl (C=O) groups is 1. The van der Waals surface area contributed by atoms with Gasteiger partial charge in [0.15, 0.2) is 11.5 Å². The van der Waals surface area contributed by atoms with Gasteiger partial charge in [-0.15, -0.1) is 0 Å². The Morgan fingerprint density at radius 1 is 1.00 bits per heavy atom. The van der Waals surface area contributed by atoms with Crippen LogP contribution < -0.4 is 20.1 Å². The molecule has 2 aromatic carbocycles. The van der Waals surface area contributed by atoms with E-state index in [0.717, 1.165) is 23.2 Å². The maximum atomic E-state index is 12.0. The van der Waals surface area contributed by atoms with E-state index in [1.165, 1.54) is 0 Å². The molecule has 3 rings (SSSR count). The summed E-state index contributed by atoms with van der Waals surface area (Å²) in [4.78, 5) is 12.0. The highest BCUT2D eigenvalue weighted by molar-refractivity contribution is 5.73. The molecule has 28 heavy (non-hydrogen) atoms. The first-order valence-corrected chi connectivity index (χ1v) is 9.01. The maximum absolute atomic E-state index is 12.0. The molecular weight excluding hydrogens is 356 g/mol. The number of nitrogens with zero attached hydrogens (tertiary/aromatic N) is 2. The van der Waals surface area contributed by atoms with Gasteiger partial charge >= 0.3 is 6.03 Å². The van der Waals surface area contributed by atoms with Crippen LogP contribution in [0.25, 0.3) is 5.69 Å². The molecule has 0 saturated carbocycles. The largest absolute Gasteiger partial charge is 0.493 e. The van der Waals surface area contributed by atoms with Gasteiger partial charge < -0.3 is 20.1 Å². The molecule has 0 aliphatic carbocycles. The minimum atomic E-state index is -0.206. The number of benzene rings is 2. The molecule has 0 spiro atoms. The third-order valence-electron chi connectivity index (χ3n) is 4.31. The predicted octanol–water partition coefficient (Wildman–Crippen LogP) is 2.93. The zero-order valence-electron chi connectivity index (χ0n) is 16.0. The molecule has 0 aliphatic heterocycles. The second-order valence-electron chi connectivity index (χ2n) is 6.17. The molecule has 1 aromatic heterocycles. The number of rotatable bonds is 8. The van der Waals surface area contributed by atoms with Crippen LogP contribution in [0.1, 0.15) is 11.1 Å². The highest BCUT2D eigenvalue weighted by Gasteiger charge is 2.06. The Balaban J connectivity index is 1.42. The summed E-state index contributed by atoms with van der Waals surface area (Å²) in [6.07, 6.45) is 4.40. The van der Waals surface area contributed by atoms with Gasteiger partial charge in [-0.2, -0.15) is 5.10 Å². The average Bonchev–Trinajstić information content (AvgIpc) is 3.27. The fourth-order valence-corrected chi connectivity index (χ4v) is 2.79. The van der Waals surface area contributed by atoms with Crippen LogP contribution in [0.15, 0.2) is 60.9 Å². The number of ether oxygens (including phenoxy) is 2. The Morgan fingerprint density at radius 2 is 1.75 bits per heavy atom. The number of nitrogens with one attached hydrogen (secondary N) is 2. The van der Waals surface area contributed by atoms with Gasteiger partial charge in [0.05, 0.1) is 19.9 Å². The Labute approximate surface area is 164 Å². The van der Waals surface area contributed by atoms with Crippen molar-refractivity contribution in [3.8, 4) is 17.2 Å². The van der Waals surface area contributed by atoms with E-state index in [1.54, 1.807) is 20.4 Å². The van der Waals surface area contributed by atoms with E-state index in [4.69, 9.17) is 9.47 Å². The van der Waals surface area contributed by atoms with Gasteiger partial charge in [0.25, 0.3) is 0 Å². The standard InChI is InChI=1S/C21H24N4O3/c1-27-19-9-6-17(14-20(19)28-2)15-23-21(26)22-12-10-16-4-7-18(8-5-16)25-13-3-11-24-25/h3-9,11,13-14H,10,12,15H2,1-2H3,(H2,22,23,26). The lowest BCUT2D eigenvalue weighted by atomic mass is 10.1. The smallest absolute Gasteiger partial charge is 0.315 e. The number of carbonyl (C=O) groups excluding carboxylic acids is 1. The first-order valence-electron chi connectivity index (χ1n) is 9.01. The van der Waals surface area contributed by atoms with Crippen LogP contribution in [0.5, 0.6) is 11.5 Å². The number of hydrogen-bond acceptors (Lipinski definition) is 4. The van der Waals surface area contributed by atoms with E-state index < -0.39 is 0 Å². The van der Waals surface area contributed by atoms with Gasteiger partial charge in [0.1, 0.15) is 0 Å². The van der Waals surface area contributed by atoms with Gasteiger partial charge in [-0.3, -0.25) is 0 Å². The zero-order valence-corrected chi connectivity index (χ0v) is 16.0. The summed E-state index contributed by atoms with van der Waals surface area (Å²) in [6, 6.07) is 15.4. The quantitative estimate of drug-likeness (QED) is 0.630. The van der Waals surface area contributed by atoms with Crippen molar-refractivity contribution >= 4 is 6.03 Å². The zero-order chi connectivity index (χ0) is 19.8. The van der Waals surface area contributed by atoms with E-state index >= 15 is 0 Å². The summed E-state index contributed by atoms with van der Waals surface area (Å²) in [6.45, 7) is 0.962. The van der Waals surface area contributed by atoms with Crippen molar-refractivity contribution in [2.75, 3.05) is 20.8 Å². The van der Waals surface area contributed by atoms with Crippen molar-refractivity contribution in [2.24, 2.45) is 0 Å². The topological polar surface area (TPSA) is 77.4 Å². The summed E-state index contributed by atoms with van der Waals surface area (Å²) in [5.41, 5.74) is 3.09. The van der Waals surface area contributed by atoms with Crippen molar-refractivity contribution in [3.05, 3.63) is 72.1 Å². The summed E-state index contributed by atoms with van der Waals surface area (Å²) < 4.78 is 12.3. The van der Waals surface area contributed by atoms with Crippen molar-refractivity contribution in [3.63, 3.8) is 0 Å². The number of aromatic nitrogens is 2. The second kappa shape index (κ2) is 9.45. The molecule has 146 valence electrons. The van der Waals surface area contributed by atoms with E-state index in [9.17, 15) is 4.79 Å². The predicted molar refractivity (Wildman–Crippen MR) is 107 cm³/mol. The molecule has 0 fully saturated rings.